The van der Waals surface area contributed by atoms with Crippen molar-refractivity contribution in [2.24, 2.45) is 10.9 Å². The minimum atomic E-state index is -1.16. The van der Waals surface area contributed by atoms with Gasteiger partial charge < -0.3 is 29.7 Å². The van der Waals surface area contributed by atoms with Gasteiger partial charge in [0.1, 0.15) is 30.1 Å². The van der Waals surface area contributed by atoms with E-state index in [2.05, 4.69) is 11.4 Å². The zero-order chi connectivity index (χ0) is 22.8. The molecule has 1 amide bonds. The van der Waals surface area contributed by atoms with E-state index in [0.29, 0.717) is 19.5 Å². The fourth-order valence-corrected chi connectivity index (χ4v) is 3.84. The smallest absolute Gasteiger partial charge is 0.410 e. The number of aliphatic imine (C=N–C) groups is 1. The van der Waals surface area contributed by atoms with E-state index in [0.717, 1.165) is 11.3 Å². The topological polar surface area (TPSA) is 124 Å². The highest BCUT2D eigenvalue weighted by Crippen LogP contribution is 2.23. The third kappa shape index (κ3) is 5.93. The van der Waals surface area contributed by atoms with Gasteiger partial charge in [0.15, 0.2) is 0 Å². The van der Waals surface area contributed by atoms with Gasteiger partial charge in [-0.1, -0.05) is 19.1 Å². The standard InChI is InChI=1S/C22H35N3O6/c1-13-5-6-15(14-7-9-25(10-8-14)21(29)31-22(2,3)4)23-20(13)24-16-12-30-17(11-26)19(28)18(16)27/h5-7,13,16-20,24,26-28H,8-12H2,1-4H3/t13?,16-,17+,18+,19-,20?/m0/s1. The number of aliphatic hydroxyl groups is 3. The third-order valence-electron chi connectivity index (χ3n) is 5.72. The van der Waals surface area contributed by atoms with Crippen LogP contribution in [-0.4, -0.2) is 94.4 Å². The summed E-state index contributed by atoms with van der Waals surface area (Å²) in [7, 11) is 0. The lowest BCUT2D eigenvalue weighted by atomic mass is 9.94. The van der Waals surface area contributed by atoms with Crippen LogP contribution >= 0.6 is 0 Å². The lowest BCUT2D eigenvalue weighted by Gasteiger charge is -2.39. The summed E-state index contributed by atoms with van der Waals surface area (Å²) < 4.78 is 10.9. The molecule has 0 radical (unpaired) electrons. The summed E-state index contributed by atoms with van der Waals surface area (Å²) in [5.41, 5.74) is 1.39. The summed E-state index contributed by atoms with van der Waals surface area (Å²) in [5, 5.41) is 33.0. The molecular formula is C22H35N3O6. The summed E-state index contributed by atoms with van der Waals surface area (Å²) >= 11 is 0. The van der Waals surface area contributed by atoms with E-state index in [1.54, 1.807) is 4.90 Å². The number of dihydropyridines is 1. The number of nitrogens with one attached hydrogen (secondary N) is 1. The molecule has 0 saturated carbocycles. The first-order valence-electron chi connectivity index (χ1n) is 10.9. The maximum Gasteiger partial charge on any atom is 0.410 e. The predicted octanol–water partition coefficient (Wildman–Crippen LogP) is 0.598. The number of carbonyl (C=O) groups is 1. The second-order valence-electron chi connectivity index (χ2n) is 9.39. The van der Waals surface area contributed by atoms with Crippen molar-refractivity contribution in [1.29, 1.82) is 0 Å². The molecule has 0 aromatic heterocycles. The molecule has 6 atom stereocenters. The van der Waals surface area contributed by atoms with E-state index < -0.39 is 30.0 Å². The largest absolute Gasteiger partial charge is 0.444 e. The minimum absolute atomic E-state index is 0.0890. The van der Waals surface area contributed by atoms with Crippen LogP contribution in [0.25, 0.3) is 0 Å². The number of amides is 1. The van der Waals surface area contributed by atoms with Crippen LogP contribution in [0.3, 0.4) is 0 Å². The second kappa shape index (κ2) is 9.79. The average Bonchev–Trinajstić information content (AvgIpc) is 2.72. The van der Waals surface area contributed by atoms with Crippen molar-refractivity contribution in [3.63, 3.8) is 0 Å². The van der Waals surface area contributed by atoms with Crippen LogP contribution in [0, 0.1) is 5.92 Å². The molecule has 1 fully saturated rings. The van der Waals surface area contributed by atoms with Crippen molar-refractivity contribution in [3.8, 4) is 0 Å². The molecule has 3 aliphatic rings. The number of ether oxygens (including phenoxy) is 2. The molecular weight excluding hydrogens is 402 g/mol. The first-order chi connectivity index (χ1) is 14.6. The molecule has 2 unspecified atom stereocenters. The predicted molar refractivity (Wildman–Crippen MR) is 116 cm³/mol. The maximum atomic E-state index is 12.3. The molecule has 3 heterocycles. The third-order valence-corrected chi connectivity index (χ3v) is 5.72. The Hall–Kier alpha value is -1.78. The van der Waals surface area contributed by atoms with Crippen LogP contribution in [0.15, 0.2) is 28.8 Å². The van der Waals surface area contributed by atoms with Gasteiger partial charge in [-0.15, -0.1) is 0 Å². The molecule has 0 aromatic carbocycles. The van der Waals surface area contributed by atoms with Gasteiger partial charge >= 0.3 is 6.09 Å². The Balaban J connectivity index is 1.63. The quantitative estimate of drug-likeness (QED) is 0.508. The van der Waals surface area contributed by atoms with E-state index in [9.17, 15) is 20.1 Å². The van der Waals surface area contributed by atoms with Crippen molar-refractivity contribution >= 4 is 11.8 Å². The lowest BCUT2D eigenvalue weighted by Crippen LogP contribution is -2.61. The summed E-state index contributed by atoms with van der Waals surface area (Å²) in [6.45, 7) is 8.44. The van der Waals surface area contributed by atoms with Gasteiger partial charge in [0.25, 0.3) is 0 Å². The fraction of sp³-hybridized carbons (Fsp3) is 0.727. The van der Waals surface area contributed by atoms with Gasteiger partial charge in [-0.05, 0) is 38.8 Å². The van der Waals surface area contributed by atoms with Gasteiger partial charge in [0, 0.05) is 19.0 Å². The van der Waals surface area contributed by atoms with E-state index in [-0.39, 0.29) is 31.4 Å². The highest BCUT2D eigenvalue weighted by Gasteiger charge is 2.39. The monoisotopic (exact) mass is 437 g/mol. The van der Waals surface area contributed by atoms with Crippen molar-refractivity contribution < 1.29 is 29.6 Å². The highest BCUT2D eigenvalue weighted by molar-refractivity contribution is 6.09. The Morgan fingerprint density at radius 2 is 2.10 bits per heavy atom. The Kier molecular flexibility index (Phi) is 7.54. The Morgan fingerprint density at radius 3 is 2.71 bits per heavy atom. The summed E-state index contributed by atoms with van der Waals surface area (Å²) in [6, 6.07) is -0.496. The van der Waals surface area contributed by atoms with Crippen LogP contribution in [-0.2, 0) is 9.47 Å². The first kappa shape index (κ1) is 23.9. The van der Waals surface area contributed by atoms with Crippen molar-refractivity contribution in [2.75, 3.05) is 26.3 Å². The SMILES string of the molecule is CC1C=CC(C2=CCN(C(=O)OC(C)(C)C)CC2)=NC1N[C@H]1CO[C@H](CO)[C@H](O)[C@@H]1O. The molecule has 9 nitrogen and oxygen atoms in total. The Bertz CT molecular complexity index is 744. The van der Waals surface area contributed by atoms with Crippen molar-refractivity contribution in [1.82, 2.24) is 10.2 Å². The fourth-order valence-electron chi connectivity index (χ4n) is 3.84. The van der Waals surface area contributed by atoms with E-state index >= 15 is 0 Å². The molecule has 0 bridgehead atoms. The van der Waals surface area contributed by atoms with Gasteiger partial charge in [0.2, 0.25) is 0 Å². The van der Waals surface area contributed by atoms with Crippen LogP contribution in [0.4, 0.5) is 4.79 Å². The number of carbonyl (C=O) groups excluding carboxylic acids is 1. The molecule has 4 N–H and O–H groups in total. The van der Waals surface area contributed by atoms with E-state index in [1.807, 2.05) is 39.8 Å². The molecule has 0 aromatic rings. The zero-order valence-corrected chi connectivity index (χ0v) is 18.7. The van der Waals surface area contributed by atoms with Crippen molar-refractivity contribution in [3.05, 3.63) is 23.8 Å². The number of rotatable bonds is 4. The number of aliphatic hydroxyl groups excluding tert-OH is 3. The van der Waals surface area contributed by atoms with E-state index in [1.165, 1.54) is 0 Å². The molecule has 31 heavy (non-hydrogen) atoms. The number of hydrogen-bond acceptors (Lipinski definition) is 8. The van der Waals surface area contributed by atoms with Crippen LogP contribution in [0.2, 0.25) is 0 Å². The molecule has 0 spiro atoms. The second-order valence-corrected chi connectivity index (χ2v) is 9.39. The summed E-state index contributed by atoms with van der Waals surface area (Å²) in [4.78, 5) is 18.8. The summed E-state index contributed by atoms with van der Waals surface area (Å²) in [6.07, 6.45) is 3.12. The number of nitrogens with zero attached hydrogens (tertiary/aromatic N) is 2. The number of hydrogen-bond donors (Lipinski definition) is 4. The van der Waals surface area contributed by atoms with E-state index in [4.69, 9.17) is 14.5 Å². The number of allylic oxidation sites excluding steroid dienone is 1. The Labute approximate surface area is 183 Å². The lowest BCUT2D eigenvalue weighted by molar-refractivity contribution is -0.163. The minimum Gasteiger partial charge on any atom is -0.444 e. The molecule has 3 rings (SSSR count). The first-order valence-corrected chi connectivity index (χ1v) is 10.9. The average molecular weight is 438 g/mol. The van der Waals surface area contributed by atoms with Crippen LogP contribution < -0.4 is 5.32 Å². The van der Waals surface area contributed by atoms with Gasteiger partial charge in [0.05, 0.1) is 25.0 Å². The van der Waals surface area contributed by atoms with Gasteiger partial charge in [-0.3, -0.25) is 10.3 Å². The molecule has 174 valence electrons. The van der Waals surface area contributed by atoms with Gasteiger partial charge in [-0.25, -0.2) is 4.79 Å². The zero-order valence-electron chi connectivity index (χ0n) is 18.7. The van der Waals surface area contributed by atoms with Gasteiger partial charge in [-0.2, -0.15) is 0 Å². The molecule has 3 aliphatic heterocycles. The molecule has 9 heteroatoms. The van der Waals surface area contributed by atoms with Crippen molar-refractivity contribution in [2.45, 2.75) is 70.2 Å². The Morgan fingerprint density at radius 1 is 1.35 bits per heavy atom. The molecule has 0 aliphatic carbocycles. The maximum absolute atomic E-state index is 12.3. The van der Waals surface area contributed by atoms with Crippen LogP contribution in [0.1, 0.15) is 34.1 Å². The highest BCUT2D eigenvalue weighted by atomic mass is 16.6. The van der Waals surface area contributed by atoms with Crippen LogP contribution in [0.5, 0.6) is 0 Å². The summed E-state index contributed by atoms with van der Waals surface area (Å²) in [5.74, 6) is 0.0890. The molecule has 1 saturated heterocycles. The normalized spacial score (nSPS) is 34.2.